The molecule has 0 spiro atoms. The van der Waals surface area contributed by atoms with Crippen molar-refractivity contribution in [3.05, 3.63) is 17.0 Å². The van der Waals surface area contributed by atoms with Crippen molar-refractivity contribution < 1.29 is 27.4 Å². The summed E-state index contributed by atoms with van der Waals surface area (Å²) >= 11 is 0.879. The molecule has 0 amide bonds. The number of hydrogen-bond donors (Lipinski definition) is 1. The van der Waals surface area contributed by atoms with E-state index >= 15 is 0 Å². The number of sulfonamides is 1. The molecule has 0 saturated heterocycles. The highest BCUT2D eigenvalue weighted by Gasteiger charge is 2.15. The van der Waals surface area contributed by atoms with Gasteiger partial charge < -0.3 is 14.2 Å². The predicted molar refractivity (Wildman–Crippen MR) is 73.3 cm³/mol. The van der Waals surface area contributed by atoms with Gasteiger partial charge in [-0.2, -0.15) is 0 Å². The zero-order valence-corrected chi connectivity index (χ0v) is 12.7. The van der Waals surface area contributed by atoms with E-state index in [0.29, 0.717) is 13.2 Å². The van der Waals surface area contributed by atoms with Crippen LogP contribution in [0.25, 0.3) is 0 Å². The third-order valence-corrected chi connectivity index (χ3v) is 4.58. The zero-order valence-electron chi connectivity index (χ0n) is 11.0. The van der Waals surface area contributed by atoms with Crippen LogP contribution in [0.2, 0.25) is 0 Å². The Labute approximate surface area is 121 Å². The molecular formula is C11H17NO6S2. The van der Waals surface area contributed by atoms with Crippen molar-refractivity contribution in [2.45, 2.75) is 10.6 Å². The molecule has 0 bridgehead atoms. The zero-order chi connectivity index (χ0) is 15.0. The molecule has 0 aliphatic heterocycles. The van der Waals surface area contributed by atoms with Gasteiger partial charge in [-0.15, -0.1) is 11.3 Å². The summed E-state index contributed by atoms with van der Waals surface area (Å²) < 4.78 is 37.0. The van der Waals surface area contributed by atoms with Crippen LogP contribution in [0.4, 0.5) is 0 Å². The van der Waals surface area contributed by atoms with Gasteiger partial charge in [0.2, 0.25) is 10.0 Å². The summed E-state index contributed by atoms with van der Waals surface area (Å²) in [6.07, 6.45) is 0.771. The van der Waals surface area contributed by atoms with Gasteiger partial charge in [0.1, 0.15) is 10.8 Å². The fourth-order valence-corrected chi connectivity index (χ4v) is 2.83. The first-order chi connectivity index (χ1) is 9.45. The second-order valence-corrected chi connectivity index (χ2v) is 6.49. The Balaban J connectivity index is 2.28. The first-order valence-electron chi connectivity index (χ1n) is 5.80. The van der Waals surface area contributed by atoms with Gasteiger partial charge in [-0.3, -0.25) is 0 Å². The van der Waals surface area contributed by atoms with E-state index in [4.69, 9.17) is 19.3 Å². The third kappa shape index (κ3) is 5.97. The van der Waals surface area contributed by atoms with E-state index in [0.717, 1.165) is 17.8 Å². The number of hydrogen-bond acceptors (Lipinski definition) is 7. The molecule has 1 heterocycles. The van der Waals surface area contributed by atoms with Gasteiger partial charge in [0.25, 0.3) is 0 Å². The Kier molecular flexibility index (Phi) is 7.10. The van der Waals surface area contributed by atoms with Crippen LogP contribution < -0.4 is 5.14 Å². The standard InChI is InChI=1S/C11H17NO6S2/c1-16-3-2-4-17-5-6-18-11(13)9-7-10(19-8-9)20(12,14)15/h7-8H,2-6H2,1H3,(H2,12,14,15). The topological polar surface area (TPSA) is 105 Å². The largest absolute Gasteiger partial charge is 0.460 e. The average molecular weight is 323 g/mol. The first kappa shape index (κ1) is 17.1. The molecule has 0 atom stereocenters. The van der Waals surface area contributed by atoms with Crippen molar-refractivity contribution in [1.82, 2.24) is 0 Å². The number of ether oxygens (including phenoxy) is 3. The molecule has 0 aromatic carbocycles. The quantitative estimate of drug-likeness (QED) is 0.527. The Morgan fingerprint density at radius 1 is 1.30 bits per heavy atom. The van der Waals surface area contributed by atoms with Crippen molar-refractivity contribution in [2.75, 3.05) is 33.5 Å². The molecule has 0 saturated carbocycles. The van der Waals surface area contributed by atoms with Crippen LogP contribution in [-0.2, 0) is 24.2 Å². The summed E-state index contributed by atoms with van der Waals surface area (Å²) in [7, 11) is -2.17. The number of esters is 1. The van der Waals surface area contributed by atoms with Crippen molar-refractivity contribution in [3.8, 4) is 0 Å². The lowest BCUT2D eigenvalue weighted by Gasteiger charge is -2.05. The maximum atomic E-state index is 11.6. The van der Waals surface area contributed by atoms with Crippen LogP contribution in [0.15, 0.2) is 15.7 Å². The lowest BCUT2D eigenvalue weighted by molar-refractivity contribution is 0.0288. The van der Waals surface area contributed by atoms with Gasteiger partial charge in [-0.05, 0) is 12.5 Å². The first-order valence-corrected chi connectivity index (χ1v) is 8.23. The highest BCUT2D eigenvalue weighted by Crippen LogP contribution is 2.19. The number of methoxy groups -OCH3 is 1. The Morgan fingerprint density at radius 3 is 2.65 bits per heavy atom. The lowest BCUT2D eigenvalue weighted by atomic mass is 10.3. The molecular weight excluding hydrogens is 306 g/mol. The van der Waals surface area contributed by atoms with Gasteiger partial charge >= 0.3 is 5.97 Å². The number of thiophene rings is 1. The highest BCUT2D eigenvalue weighted by atomic mass is 32.2. The summed E-state index contributed by atoms with van der Waals surface area (Å²) in [6, 6.07) is 1.20. The predicted octanol–water partition coefficient (Wildman–Crippen LogP) is 0.605. The Hall–Kier alpha value is -1.00. The van der Waals surface area contributed by atoms with Crippen LogP contribution in [0.1, 0.15) is 16.8 Å². The Morgan fingerprint density at radius 2 is 2.05 bits per heavy atom. The maximum absolute atomic E-state index is 11.6. The van der Waals surface area contributed by atoms with E-state index in [2.05, 4.69) is 0 Å². The fourth-order valence-electron chi connectivity index (χ4n) is 1.26. The van der Waals surface area contributed by atoms with Gasteiger partial charge in [0, 0.05) is 25.7 Å². The molecule has 1 rings (SSSR count). The molecule has 0 aliphatic rings. The second-order valence-electron chi connectivity index (χ2n) is 3.79. The van der Waals surface area contributed by atoms with Crippen molar-refractivity contribution >= 4 is 27.3 Å². The fraction of sp³-hybridized carbons (Fsp3) is 0.545. The number of nitrogens with two attached hydrogens (primary N) is 1. The highest BCUT2D eigenvalue weighted by molar-refractivity contribution is 7.91. The summed E-state index contributed by atoms with van der Waals surface area (Å²) in [4.78, 5) is 11.6. The van der Waals surface area contributed by atoms with E-state index in [9.17, 15) is 13.2 Å². The summed E-state index contributed by atoms with van der Waals surface area (Å²) in [5, 5.41) is 6.34. The lowest BCUT2D eigenvalue weighted by Crippen LogP contribution is -2.12. The SMILES string of the molecule is COCCCOCCOC(=O)c1csc(S(N)(=O)=O)c1. The number of carbonyl (C=O) groups is 1. The summed E-state index contributed by atoms with van der Waals surface area (Å²) in [5.41, 5.74) is 0.165. The number of carbonyl (C=O) groups excluding carboxylic acids is 1. The number of rotatable bonds is 9. The number of primary sulfonamides is 1. The van der Waals surface area contributed by atoms with Gasteiger partial charge in [0.15, 0.2) is 0 Å². The van der Waals surface area contributed by atoms with E-state index in [1.54, 1.807) is 7.11 Å². The van der Waals surface area contributed by atoms with Crippen LogP contribution in [0.3, 0.4) is 0 Å². The smallest absolute Gasteiger partial charge is 0.339 e. The molecule has 1 aromatic rings. The second kappa shape index (κ2) is 8.32. The minimum absolute atomic E-state index is 0.0692. The average Bonchev–Trinajstić information content (AvgIpc) is 2.87. The van der Waals surface area contributed by atoms with E-state index in [1.165, 1.54) is 11.4 Å². The molecule has 9 heteroatoms. The molecule has 0 fully saturated rings. The molecule has 1 aromatic heterocycles. The third-order valence-electron chi connectivity index (χ3n) is 2.19. The molecule has 0 aliphatic carbocycles. The maximum Gasteiger partial charge on any atom is 0.339 e. The molecule has 0 unspecified atom stereocenters. The molecule has 0 radical (unpaired) electrons. The normalized spacial score (nSPS) is 11.5. The minimum atomic E-state index is -3.78. The molecule has 2 N–H and O–H groups in total. The molecule has 7 nitrogen and oxygen atoms in total. The van der Waals surface area contributed by atoms with Crippen molar-refractivity contribution in [3.63, 3.8) is 0 Å². The summed E-state index contributed by atoms with van der Waals surface area (Å²) in [6.45, 7) is 1.53. The van der Waals surface area contributed by atoms with Crippen molar-refractivity contribution in [2.24, 2.45) is 5.14 Å². The van der Waals surface area contributed by atoms with Crippen LogP contribution in [0.5, 0.6) is 0 Å². The summed E-state index contributed by atoms with van der Waals surface area (Å²) in [5.74, 6) is -0.600. The van der Waals surface area contributed by atoms with E-state index in [1.807, 2.05) is 0 Å². The minimum Gasteiger partial charge on any atom is -0.460 e. The van der Waals surface area contributed by atoms with E-state index < -0.39 is 16.0 Å². The van der Waals surface area contributed by atoms with Crippen molar-refractivity contribution in [1.29, 1.82) is 0 Å². The van der Waals surface area contributed by atoms with Gasteiger partial charge in [-0.25, -0.2) is 18.4 Å². The van der Waals surface area contributed by atoms with Crippen LogP contribution >= 0.6 is 11.3 Å². The Bertz CT molecular complexity index is 525. The molecule has 20 heavy (non-hydrogen) atoms. The van der Waals surface area contributed by atoms with E-state index in [-0.39, 0.29) is 23.0 Å². The van der Waals surface area contributed by atoms with Gasteiger partial charge in [-0.1, -0.05) is 0 Å². The van der Waals surface area contributed by atoms with Crippen LogP contribution in [0, 0.1) is 0 Å². The monoisotopic (exact) mass is 323 g/mol. The molecule has 114 valence electrons. The van der Waals surface area contributed by atoms with Crippen LogP contribution in [-0.4, -0.2) is 47.9 Å². The van der Waals surface area contributed by atoms with Gasteiger partial charge in [0.05, 0.1) is 12.2 Å².